The van der Waals surface area contributed by atoms with Crippen molar-refractivity contribution in [3.63, 3.8) is 0 Å². The van der Waals surface area contributed by atoms with Gasteiger partial charge >= 0.3 is 0 Å². The molecule has 1 aliphatic carbocycles. The number of hydrogen-bond acceptors (Lipinski definition) is 6. The third-order valence-corrected chi connectivity index (χ3v) is 6.80. The second-order valence-electron chi connectivity index (χ2n) is 9.40. The number of aryl methyl sites for hydroxylation is 2. The lowest BCUT2D eigenvalue weighted by Gasteiger charge is -2.35. The quantitative estimate of drug-likeness (QED) is 0.604. The van der Waals surface area contributed by atoms with Crippen LogP contribution in [0.4, 0.5) is 17.5 Å². The van der Waals surface area contributed by atoms with Crippen LogP contribution in [0.25, 0.3) is 0 Å². The van der Waals surface area contributed by atoms with Crippen LogP contribution in [-0.2, 0) is 6.42 Å². The van der Waals surface area contributed by atoms with E-state index in [0.717, 1.165) is 61.2 Å². The lowest BCUT2D eigenvalue weighted by Crippen LogP contribution is -2.47. The fraction of sp³-hybridized carbons (Fsp3) is 0.577. The van der Waals surface area contributed by atoms with E-state index in [1.54, 1.807) is 0 Å². The molecule has 2 aromatic rings. The van der Waals surface area contributed by atoms with E-state index in [-0.39, 0.29) is 0 Å². The average molecular weight is 433 g/mol. The van der Waals surface area contributed by atoms with Crippen molar-refractivity contribution >= 4 is 17.5 Å². The van der Waals surface area contributed by atoms with E-state index in [4.69, 9.17) is 9.97 Å². The van der Waals surface area contributed by atoms with E-state index in [1.807, 2.05) is 25.1 Å². The Morgan fingerprint density at radius 1 is 1.12 bits per heavy atom. The second kappa shape index (κ2) is 10.8. The first-order chi connectivity index (χ1) is 15.6. The molecule has 170 valence electrons. The summed E-state index contributed by atoms with van der Waals surface area (Å²) in [5.74, 6) is 2.48. The molecule has 1 aromatic heterocycles. The normalized spacial score (nSPS) is 19.2. The van der Waals surface area contributed by atoms with Gasteiger partial charge in [0.15, 0.2) is 0 Å². The van der Waals surface area contributed by atoms with Gasteiger partial charge in [-0.15, -0.1) is 0 Å². The monoisotopic (exact) mass is 432 g/mol. The average Bonchev–Trinajstić information content (AvgIpc) is 3.33. The lowest BCUT2D eigenvalue weighted by atomic mass is 10.0. The maximum atomic E-state index is 9.35. The van der Waals surface area contributed by atoms with E-state index in [2.05, 4.69) is 34.6 Å². The number of nitrogens with one attached hydrogen (secondary N) is 2. The highest BCUT2D eigenvalue weighted by Crippen LogP contribution is 2.26. The van der Waals surface area contributed by atoms with Crippen LogP contribution in [0.1, 0.15) is 68.7 Å². The molecule has 1 atom stereocenters. The van der Waals surface area contributed by atoms with Crippen molar-refractivity contribution in [1.82, 2.24) is 15.3 Å². The SMILES string of the molecule is CCCc1cc(N2CCC[C@@H](NCC3CCCC3)C2)nc(Nc2ccc(C)c(C#N)c2)n1. The Labute approximate surface area is 192 Å². The van der Waals surface area contributed by atoms with Crippen LogP contribution in [0, 0.1) is 24.2 Å². The first-order valence-electron chi connectivity index (χ1n) is 12.3. The molecule has 2 aliphatic rings. The minimum atomic E-state index is 0.528. The van der Waals surface area contributed by atoms with Crippen LogP contribution in [-0.4, -0.2) is 35.6 Å². The molecule has 0 amide bonds. The van der Waals surface area contributed by atoms with Gasteiger partial charge in [-0.3, -0.25) is 0 Å². The topological polar surface area (TPSA) is 76.9 Å². The zero-order valence-corrected chi connectivity index (χ0v) is 19.5. The van der Waals surface area contributed by atoms with Crippen molar-refractivity contribution < 1.29 is 0 Å². The lowest BCUT2D eigenvalue weighted by molar-refractivity contribution is 0.382. The largest absolute Gasteiger partial charge is 0.355 e. The molecule has 32 heavy (non-hydrogen) atoms. The van der Waals surface area contributed by atoms with Crippen molar-refractivity contribution in [3.8, 4) is 6.07 Å². The third kappa shape index (κ3) is 5.77. The molecular formula is C26H36N6. The van der Waals surface area contributed by atoms with Crippen molar-refractivity contribution in [1.29, 1.82) is 5.26 Å². The molecule has 2 N–H and O–H groups in total. The van der Waals surface area contributed by atoms with E-state index in [0.29, 0.717) is 17.6 Å². The highest BCUT2D eigenvalue weighted by atomic mass is 15.2. The van der Waals surface area contributed by atoms with Crippen LogP contribution in [0.5, 0.6) is 0 Å². The number of nitriles is 1. The van der Waals surface area contributed by atoms with Gasteiger partial charge in [0, 0.05) is 36.6 Å². The molecular weight excluding hydrogens is 396 g/mol. The smallest absolute Gasteiger partial charge is 0.229 e. The molecule has 0 bridgehead atoms. The molecule has 1 saturated heterocycles. The maximum Gasteiger partial charge on any atom is 0.229 e. The van der Waals surface area contributed by atoms with Crippen LogP contribution < -0.4 is 15.5 Å². The van der Waals surface area contributed by atoms with Crippen LogP contribution >= 0.6 is 0 Å². The predicted octanol–water partition coefficient (Wildman–Crippen LogP) is 5.10. The standard InChI is InChI=1S/C26H36N6/c1-3-7-22-15-25(31-26(29-22)30-23-12-11-19(2)21(14-23)16-27)32-13-6-10-24(18-32)28-17-20-8-4-5-9-20/h11-12,14-15,20,24,28H,3-10,13,17-18H2,1-2H3,(H,29,30,31)/t24-/m1/s1. The molecule has 0 unspecified atom stereocenters. The molecule has 6 nitrogen and oxygen atoms in total. The highest BCUT2D eigenvalue weighted by molar-refractivity contribution is 5.59. The minimum absolute atomic E-state index is 0.528. The summed E-state index contributed by atoms with van der Waals surface area (Å²) < 4.78 is 0. The first kappa shape index (κ1) is 22.5. The van der Waals surface area contributed by atoms with Crippen LogP contribution in [0.3, 0.4) is 0 Å². The summed E-state index contributed by atoms with van der Waals surface area (Å²) in [4.78, 5) is 12.0. The molecule has 1 aromatic carbocycles. The Balaban J connectivity index is 1.48. The number of aromatic nitrogens is 2. The van der Waals surface area contributed by atoms with Crippen LogP contribution in [0.2, 0.25) is 0 Å². The van der Waals surface area contributed by atoms with Gasteiger partial charge in [0.2, 0.25) is 5.95 Å². The molecule has 2 fully saturated rings. The van der Waals surface area contributed by atoms with Gasteiger partial charge in [-0.05, 0) is 69.2 Å². The molecule has 0 spiro atoms. The van der Waals surface area contributed by atoms with Crippen LogP contribution in [0.15, 0.2) is 24.3 Å². The second-order valence-corrected chi connectivity index (χ2v) is 9.40. The van der Waals surface area contributed by atoms with E-state index in [9.17, 15) is 5.26 Å². The highest BCUT2D eigenvalue weighted by Gasteiger charge is 2.23. The number of hydrogen-bond donors (Lipinski definition) is 2. The molecule has 6 heteroatoms. The molecule has 1 aliphatic heterocycles. The number of piperidine rings is 1. The predicted molar refractivity (Wildman–Crippen MR) is 130 cm³/mol. The van der Waals surface area contributed by atoms with Crippen molar-refractivity contribution in [3.05, 3.63) is 41.1 Å². The fourth-order valence-corrected chi connectivity index (χ4v) is 4.93. The fourth-order valence-electron chi connectivity index (χ4n) is 4.93. The van der Waals surface area contributed by atoms with E-state index in [1.165, 1.54) is 38.5 Å². The van der Waals surface area contributed by atoms with E-state index >= 15 is 0 Å². The summed E-state index contributed by atoms with van der Waals surface area (Å²) in [6.07, 6.45) is 9.97. The molecule has 2 heterocycles. The summed E-state index contributed by atoms with van der Waals surface area (Å²) in [5, 5.41) is 16.5. The van der Waals surface area contributed by atoms with Gasteiger partial charge in [-0.1, -0.05) is 32.3 Å². The first-order valence-corrected chi connectivity index (χ1v) is 12.3. The number of benzene rings is 1. The number of rotatable bonds is 8. The maximum absolute atomic E-state index is 9.35. The molecule has 1 saturated carbocycles. The van der Waals surface area contributed by atoms with Gasteiger partial charge in [0.1, 0.15) is 5.82 Å². The number of nitrogens with zero attached hydrogens (tertiary/aromatic N) is 4. The Hall–Kier alpha value is -2.65. The summed E-state index contributed by atoms with van der Waals surface area (Å²) in [5.41, 5.74) is 3.56. The minimum Gasteiger partial charge on any atom is -0.355 e. The Kier molecular flexibility index (Phi) is 7.59. The van der Waals surface area contributed by atoms with Gasteiger partial charge in [-0.25, -0.2) is 4.98 Å². The van der Waals surface area contributed by atoms with Gasteiger partial charge < -0.3 is 15.5 Å². The van der Waals surface area contributed by atoms with Gasteiger partial charge in [0.25, 0.3) is 0 Å². The van der Waals surface area contributed by atoms with Gasteiger partial charge in [0.05, 0.1) is 11.6 Å². The van der Waals surface area contributed by atoms with E-state index < -0.39 is 0 Å². The summed E-state index contributed by atoms with van der Waals surface area (Å²) in [7, 11) is 0. The van der Waals surface area contributed by atoms with Crippen molar-refractivity contribution in [2.75, 3.05) is 29.9 Å². The molecule has 0 radical (unpaired) electrons. The Bertz CT molecular complexity index is 944. The van der Waals surface area contributed by atoms with Gasteiger partial charge in [-0.2, -0.15) is 10.2 Å². The van der Waals surface area contributed by atoms with Crippen molar-refractivity contribution in [2.45, 2.75) is 71.3 Å². The summed E-state index contributed by atoms with van der Waals surface area (Å²) >= 11 is 0. The molecule has 4 rings (SSSR count). The zero-order chi connectivity index (χ0) is 22.3. The summed E-state index contributed by atoms with van der Waals surface area (Å²) in [6, 6.07) is 10.8. The number of anilines is 3. The Morgan fingerprint density at radius 2 is 1.97 bits per heavy atom. The summed E-state index contributed by atoms with van der Waals surface area (Å²) in [6.45, 7) is 7.32. The van der Waals surface area contributed by atoms with Crippen molar-refractivity contribution in [2.24, 2.45) is 5.92 Å². The zero-order valence-electron chi connectivity index (χ0n) is 19.5. The Morgan fingerprint density at radius 3 is 2.75 bits per heavy atom. The third-order valence-electron chi connectivity index (χ3n) is 6.80.